The zero-order valence-corrected chi connectivity index (χ0v) is 14.1. The van der Waals surface area contributed by atoms with Crippen molar-refractivity contribution in [3.8, 4) is 11.5 Å². The van der Waals surface area contributed by atoms with Crippen LogP contribution in [0.2, 0.25) is 0 Å². The summed E-state index contributed by atoms with van der Waals surface area (Å²) in [5, 5.41) is 2.73. The number of anilines is 1. The predicted molar refractivity (Wildman–Crippen MR) is 91.4 cm³/mol. The van der Waals surface area contributed by atoms with Gasteiger partial charge in [0.25, 0.3) is 0 Å². The number of hydrogen-bond donors (Lipinski definition) is 1. The van der Waals surface area contributed by atoms with Crippen LogP contribution in [0.25, 0.3) is 11.0 Å². The van der Waals surface area contributed by atoms with Gasteiger partial charge < -0.3 is 14.8 Å². The van der Waals surface area contributed by atoms with E-state index in [4.69, 9.17) is 9.47 Å². The first-order valence-electron chi connectivity index (χ1n) is 7.71. The summed E-state index contributed by atoms with van der Waals surface area (Å²) in [4.78, 5) is 7.82. The molecule has 0 spiro atoms. The van der Waals surface area contributed by atoms with Crippen LogP contribution < -0.4 is 14.8 Å². The van der Waals surface area contributed by atoms with Crippen LogP contribution in [-0.4, -0.2) is 24.2 Å². The third kappa shape index (κ3) is 3.63. The third-order valence-corrected chi connectivity index (χ3v) is 3.77. The molecule has 0 radical (unpaired) electrons. The zero-order chi connectivity index (χ0) is 18.7. The van der Waals surface area contributed by atoms with Crippen LogP contribution in [0.4, 0.5) is 19.0 Å². The molecule has 0 bridgehead atoms. The second-order valence-corrected chi connectivity index (χ2v) is 5.44. The Labute approximate surface area is 147 Å². The lowest BCUT2D eigenvalue weighted by Crippen LogP contribution is -2.15. The highest BCUT2D eigenvalue weighted by atomic mass is 19.4. The molecule has 0 amide bonds. The minimum Gasteiger partial charge on any atom is -0.497 e. The number of aromatic nitrogens is 2. The Bertz CT molecular complexity index is 929. The summed E-state index contributed by atoms with van der Waals surface area (Å²) in [6.45, 7) is 0.0659. The molecule has 0 atom stereocenters. The van der Waals surface area contributed by atoms with Gasteiger partial charge in [-0.15, -0.1) is 0 Å². The van der Waals surface area contributed by atoms with E-state index in [-0.39, 0.29) is 17.9 Å². The first-order chi connectivity index (χ1) is 12.4. The largest absolute Gasteiger partial charge is 0.497 e. The molecule has 1 heterocycles. The van der Waals surface area contributed by atoms with E-state index in [1.165, 1.54) is 20.3 Å². The minimum absolute atomic E-state index is 0.0659. The van der Waals surface area contributed by atoms with Gasteiger partial charge in [0.1, 0.15) is 11.5 Å². The van der Waals surface area contributed by atoms with Crippen molar-refractivity contribution in [1.82, 2.24) is 9.97 Å². The van der Waals surface area contributed by atoms with Gasteiger partial charge in [0.15, 0.2) is 11.5 Å². The Morgan fingerprint density at radius 1 is 0.962 bits per heavy atom. The molecule has 5 nitrogen and oxygen atoms in total. The number of rotatable bonds is 5. The molecule has 1 aromatic heterocycles. The van der Waals surface area contributed by atoms with Crippen molar-refractivity contribution >= 4 is 16.9 Å². The molecule has 0 saturated heterocycles. The highest BCUT2D eigenvalue weighted by Crippen LogP contribution is 2.34. The van der Waals surface area contributed by atoms with E-state index in [1.807, 2.05) is 0 Å². The molecule has 136 valence electrons. The molecule has 2 aromatic carbocycles. The van der Waals surface area contributed by atoms with Crippen LogP contribution >= 0.6 is 0 Å². The molecule has 0 aliphatic rings. The molecule has 1 N–H and O–H groups in total. The van der Waals surface area contributed by atoms with Crippen LogP contribution in [0.1, 0.15) is 11.3 Å². The minimum atomic E-state index is -4.63. The number of hydrogen-bond acceptors (Lipinski definition) is 5. The highest BCUT2D eigenvalue weighted by Gasteiger charge is 2.37. The average Bonchev–Trinajstić information content (AvgIpc) is 2.64. The molecule has 0 saturated carbocycles. The van der Waals surface area contributed by atoms with Gasteiger partial charge in [-0.3, -0.25) is 0 Å². The van der Waals surface area contributed by atoms with Gasteiger partial charge in [-0.2, -0.15) is 13.2 Å². The standard InChI is InChI=1S/C18H16F3N3O2/c1-25-12-7-8-15(26-2)11(9-12)10-22-17-16(18(19,20)21)23-13-5-3-4-6-14(13)24-17/h3-9H,10H2,1-2H3,(H,22,24). The number of para-hydroxylation sites is 2. The molecular weight excluding hydrogens is 347 g/mol. The van der Waals surface area contributed by atoms with Crippen molar-refractivity contribution < 1.29 is 22.6 Å². The number of halogens is 3. The number of alkyl halides is 3. The summed E-state index contributed by atoms with van der Waals surface area (Å²) in [6.07, 6.45) is -4.63. The van der Waals surface area contributed by atoms with Crippen molar-refractivity contribution in [3.05, 3.63) is 53.7 Å². The lowest BCUT2D eigenvalue weighted by Gasteiger charge is -2.15. The normalized spacial score (nSPS) is 11.4. The molecule has 0 fully saturated rings. The fourth-order valence-corrected chi connectivity index (χ4v) is 2.52. The Morgan fingerprint density at radius 3 is 2.27 bits per heavy atom. The lowest BCUT2D eigenvalue weighted by molar-refractivity contribution is -0.140. The first kappa shape index (κ1) is 17.8. The molecule has 26 heavy (non-hydrogen) atoms. The maximum Gasteiger partial charge on any atom is 0.437 e. The summed E-state index contributed by atoms with van der Waals surface area (Å²) < 4.78 is 50.5. The van der Waals surface area contributed by atoms with Crippen molar-refractivity contribution in [2.45, 2.75) is 12.7 Å². The van der Waals surface area contributed by atoms with Crippen LogP contribution in [0.3, 0.4) is 0 Å². The summed E-state index contributed by atoms with van der Waals surface area (Å²) in [5.41, 5.74) is 0.137. The predicted octanol–water partition coefficient (Wildman–Crippen LogP) is 4.28. The van der Waals surface area contributed by atoms with E-state index in [0.29, 0.717) is 22.6 Å². The Morgan fingerprint density at radius 2 is 1.65 bits per heavy atom. The van der Waals surface area contributed by atoms with Crippen molar-refractivity contribution in [1.29, 1.82) is 0 Å². The number of benzene rings is 2. The van der Waals surface area contributed by atoms with Crippen molar-refractivity contribution in [3.63, 3.8) is 0 Å². The number of ether oxygens (including phenoxy) is 2. The van der Waals surface area contributed by atoms with E-state index in [1.54, 1.807) is 36.4 Å². The Kier molecular flexibility index (Phi) is 4.83. The maximum absolute atomic E-state index is 13.4. The molecule has 0 aliphatic carbocycles. The number of nitrogens with zero attached hydrogens (tertiary/aromatic N) is 2. The van der Waals surface area contributed by atoms with Crippen LogP contribution in [0, 0.1) is 0 Å². The molecular formula is C18H16F3N3O2. The van der Waals surface area contributed by atoms with Gasteiger partial charge in [-0.25, -0.2) is 9.97 Å². The third-order valence-electron chi connectivity index (χ3n) is 3.77. The van der Waals surface area contributed by atoms with E-state index in [0.717, 1.165) is 0 Å². The number of fused-ring (bicyclic) bond motifs is 1. The Balaban J connectivity index is 1.98. The van der Waals surface area contributed by atoms with Crippen molar-refractivity contribution in [2.75, 3.05) is 19.5 Å². The van der Waals surface area contributed by atoms with Crippen LogP contribution in [-0.2, 0) is 12.7 Å². The van der Waals surface area contributed by atoms with Crippen LogP contribution in [0.5, 0.6) is 11.5 Å². The van der Waals surface area contributed by atoms with E-state index >= 15 is 0 Å². The fourth-order valence-electron chi connectivity index (χ4n) is 2.52. The van der Waals surface area contributed by atoms with Crippen molar-refractivity contribution in [2.24, 2.45) is 0 Å². The van der Waals surface area contributed by atoms with Gasteiger partial charge in [-0.05, 0) is 30.3 Å². The second-order valence-electron chi connectivity index (χ2n) is 5.44. The van der Waals surface area contributed by atoms with Gasteiger partial charge >= 0.3 is 6.18 Å². The van der Waals surface area contributed by atoms with E-state index in [9.17, 15) is 13.2 Å². The maximum atomic E-state index is 13.4. The lowest BCUT2D eigenvalue weighted by atomic mass is 10.2. The monoisotopic (exact) mass is 363 g/mol. The summed E-state index contributed by atoms with van der Waals surface area (Å²) in [5.74, 6) is 0.768. The smallest absolute Gasteiger partial charge is 0.437 e. The summed E-state index contributed by atoms with van der Waals surface area (Å²) in [6, 6.07) is 11.5. The molecule has 3 rings (SSSR count). The van der Waals surface area contributed by atoms with Crippen LogP contribution in [0.15, 0.2) is 42.5 Å². The molecule has 8 heteroatoms. The highest BCUT2D eigenvalue weighted by molar-refractivity contribution is 5.76. The summed E-state index contributed by atoms with van der Waals surface area (Å²) >= 11 is 0. The van der Waals surface area contributed by atoms with Gasteiger partial charge in [0.2, 0.25) is 0 Å². The molecule has 0 unspecified atom stereocenters. The van der Waals surface area contributed by atoms with E-state index < -0.39 is 11.9 Å². The molecule has 0 aliphatic heterocycles. The Hall–Kier alpha value is -3.03. The topological polar surface area (TPSA) is 56.3 Å². The van der Waals surface area contributed by atoms with Gasteiger partial charge in [0, 0.05) is 12.1 Å². The second kappa shape index (κ2) is 7.07. The number of nitrogens with one attached hydrogen (secondary N) is 1. The SMILES string of the molecule is COc1ccc(OC)c(CNc2nc3ccccc3nc2C(F)(F)F)c1. The first-order valence-corrected chi connectivity index (χ1v) is 7.71. The number of methoxy groups -OCH3 is 2. The fraction of sp³-hybridized carbons (Fsp3) is 0.222. The quantitative estimate of drug-likeness (QED) is 0.733. The molecule has 3 aromatic rings. The zero-order valence-electron chi connectivity index (χ0n) is 14.1. The summed E-state index contributed by atoms with van der Waals surface area (Å²) in [7, 11) is 3.00. The average molecular weight is 363 g/mol. The van der Waals surface area contributed by atoms with Gasteiger partial charge in [0.05, 0.1) is 25.3 Å². The van der Waals surface area contributed by atoms with Gasteiger partial charge in [-0.1, -0.05) is 12.1 Å². The van der Waals surface area contributed by atoms with E-state index in [2.05, 4.69) is 15.3 Å².